The highest BCUT2D eigenvalue weighted by atomic mass is 16.4. The summed E-state index contributed by atoms with van der Waals surface area (Å²) >= 11 is 0. The molecule has 0 atom stereocenters. The van der Waals surface area contributed by atoms with Crippen molar-refractivity contribution in [3.63, 3.8) is 0 Å². The van der Waals surface area contributed by atoms with Crippen molar-refractivity contribution in [3.05, 3.63) is 50.3 Å². The third kappa shape index (κ3) is 2.08. The number of aromatic nitrogens is 4. The Morgan fingerprint density at radius 1 is 1.44 bits per heavy atom. The molecule has 2 N–H and O–H groups in total. The first-order chi connectivity index (χ1) is 8.49. The standard InChI is InChI=1S/C10H10N4O4/c1-13-7(6(4-11-13)10(17)18)5-14-9(16)3-2-8(15)12-14/h2-4H,5H2,1H3,(H,12,15)(H,17,18). The first kappa shape index (κ1) is 11.8. The van der Waals surface area contributed by atoms with Crippen LogP contribution in [0.5, 0.6) is 0 Å². The number of hydrogen-bond donors (Lipinski definition) is 2. The van der Waals surface area contributed by atoms with Gasteiger partial charge in [-0.1, -0.05) is 0 Å². The van der Waals surface area contributed by atoms with Crippen molar-refractivity contribution in [2.75, 3.05) is 0 Å². The number of carboxylic acid groups (broad SMARTS) is 1. The average molecular weight is 250 g/mol. The van der Waals surface area contributed by atoms with Crippen LogP contribution < -0.4 is 11.1 Å². The van der Waals surface area contributed by atoms with Crippen molar-refractivity contribution in [2.24, 2.45) is 7.05 Å². The fourth-order valence-corrected chi connectivity index (χ4v) is 1.56. The zero-order valence-electron chi connectivity index (χ0n) is 9.45. The highest BCUT2D eigenvalue weighted by Gasteiger charge is 2.15. The van der Waals surface area contributed by atoms with Gasteiger partial charge in [0.05, 0.1) is 18.4 Å². The largest absolute Gasteiger partial charge is 0.478 e. The number of aryl methyl sites for hydroxylation is 1. The molecule has 0 aliphatic carbocycles. The van der Waals surface area contributed by atoms with Gasteiger partial charge in [-0.3, -0.25) is 19.4 Å². The van der Waals surface area contributed by atoms with Crippen LogP contribution in [-0.2, 0) is 13.6 Å². The maximum absolute atomic E-state index is 11.5. The van der Waals surface area contributed by atoms with Gasteiger partial charge >= 0.3 is 5.97 Å². The molecule has 0 spiro atoms. The number of carbonyl (C=O) groups is 1. The predicted octanol–water partition coefficient (Wildman–Crippen LogP) is -0.983. The Morgan fingerprint density at radius 3 is 2.83 bits per heavy atom. The zero-order valence-corrected chi connectivity index (χ0v) is 9.45. The fourth-order valence-electron chi connectivity index (χ4n) is 1.56. The third-order valence-corrected chi connectivity index (χ3v) is 2.49. The molecule has 2 aromatic rings. The summed E-state index contributed by atoms with van der Waals surface area (Å²) in [6.07, 6.45) is 1.20. The smallest absolute Gasteiger partial charge is 0.339 e. The summed E-state index contributed by atoms with van der Waals surface area (Å²) in [7, 11) is 1.56. The Kier molecular flexibility index (Phi) is 2.84. The predicted molar refractivity (Wildman–Crippen MR) is 60.6 cm³/mol. The number of nitrogens with zero attached hydrogens (tertiary/aromatic N) is 3. The molecule has 2 heterocycles. The molecule has 0 radical (unpaired) electrons. The summed E-state index contributed by atoms with van der Waals surface area (Å²) in [5.74, 6) is -1.13. The summed E-state index contributed by atoms with van der Waals surface area (Å²) in [6.45, 7) is -0.0625. The van der Waals surface area contributed by atoms with Crippen LogP contribution in [0.15, 0.2) is 27.9 Å². The van der Waals surface area contributed by atoms with Crippen LogP contribution in [0, 0.1) is 0 Å². The van der Waals surface area contributed by atoms with Crippen LogP contribution in [0.2, 0.25) is 0 Å². The monoisotopic (exact) mass is 250 g/mol. The molecule has 0 saturated heterocycles. The molecule has 0 aliphatic rings. The van der Waals surface area contributed by atoms with Crippen LogP contribution in [0.25, 0.3) is 0 Å². The van der Waals surface area contributed by atoms with E-state index in [1.165, 1.54) is 10.9 Å². The van der Waals surface area contributed by atoms with Crippen molar-refractivity contribution in [2.45, 2.75) is 6.54 Å². The summed E-state index contributed by atoms with van der Waals surface area (Å²) < 4.78 is 2.38. The topological polar surface area (TPSA) is 110 Å². The van der Waals surface area contributed by atoms with Gasteiger partial charge in [-0.05, 0) is 0 Å². The van der Waals surface area contributed by atoms with E-state index < -0.39 is 17.1 Å². The lowest BCUT2D eigenvalue weighted by atomic mass is 10.2. The molecule has 0 fully saturated rings. The number of aromatic amines is 1. The van der Waals surface area contributed by atoms with Gasteiger partial charge in [-0.25, -0.2) is 9.48 Å². The summed E-state index contributed by atoms with van der Waals surface area (Å²) in [5, 5.41) is 15.1. The Balaban J connectivity index is 2.49. The van der Waals surface area contributed by atoms with E-state index in [0.717, 1.165) is 16.8 Å². The Morgan fingerprint density at radius 2 is 2.17 bits per heavy atom. The van der Waals surface area contributed by atoms with Gasteiger partial charge in [-0.2, -0.15) is 5.10 Å². The van der Waals surface area contributed by atoms with Crippen molar-refractivity contribution in [1.82, 2.24) is 19.6 Å². The zero-order chi connectivity index (χ0) is 13.3. The minimum absolute atomic E-state index is 0.00546. The lowest BCUT2D eigenvalue weighted by Gasteiger charge is -2.06. The molecule has 8 nitrogen and oxygen atoms in total. The van der Waals surface area contributed by atoms with Crippen LogP contribution >= 0.6 is 0 Å². The van der Waals surface area contributed by atoms with Crippen LogP contribution in [0.4, 0.5) is 0 Å². The highest BCUT2D eigenvalue weighted by molar-refractivity contribution is 5.88. The first-order valence-corrected chi connectivity index (χ1v) is 5.03. The molecule has 0 bridgehead atoms. The molecule has 0 amide bonds. The van der Waals surface area contributed by atoms with E-state index in [-0.39, 0.29) is 12.1 Å². The summed E-state index contributed by atoms with van der Waals surface area (Å²) in [4.78, 5) is 33.6. The van der Waals surface area contributed by atoms with E-state index in [1.807, 2.05) is 0 Å². The number of hydrogen-bond acceptors (Lipinski definition) is 4. The number of H-pyrrole nitrogens is 1. The number of carboxylic acids is 1. The molecule has 18 heavy (non-hydrogen) atoms. The third-order valence-electron chi connectivity index (χ3n) is 2.49. The molecule has 0 saturated carbocycles. The Hall–Kier alpha value is -2.64. The minimum atomic E-state index is -1.13. The van der Waals surface area contributed by atoms with E-state index in [2.05, 4.69) is 10.2 Å². The van der Waals surface area contributed by atoms with Gasteiger partial charge < -0.3 is 5.11 Å². The quantitative estimate of drug-likeness (QED) is 0.727. The first-order valence-electron chi connectivity index (χ1n) is 5.03. The molecule has 0 unspecified atom stereocenters. The van der Waals surface area contributed by atoms with Crippen molar-refractivity contribution < 1.29 is 9.90 Å². The number of aromatic carboxylic acids is 1. The average Bonchev–Trinajstić information content (AvgIpc) is 2.66. The lowest BCUT2D eigenvalue weighted by molar-refractivity contribution is 0.0695. The molecule has 8 heteroatoms. The van der Waals surface area contributed by atoms with Gasteiger partial charge in [0.1, 0.15) is 5.56 Å². The summed E-state index contributed by atoms with van der Waals surface area (Å²) in [6, 6.07) is 2.23. The van der Waals surface area contributed by atoms with Gasteiger partial charge in [-0.15, -0.1) is 0 Å². The Bertz CT molecular complexity index is 709. The molecular formula is C10H10N4O4. The minimum Gasteiger partial charge on any atom is -0.478 e. The molecule has 2 aromatic heterocycles. The van der Waals surface area contributed by atoms with Gasteiger partial charge in [0.25, 0.3) is 11.1 Å². The lowest BCUT2D eigenvalue weighted by Crippen LogP contribution is -2.29. The highest BCUT2D eigenvalue weighted by Crippen LogP contribution is 2.07. The van der Waals surface area contributed by atoms with Gasteiger partial charge in [0.15, 0.2) is 0 Å². The van der Waals surface area contributed by atoms with E-state index >= 15 is 0 Å². The second-order valence-corrected chi connectivity index (χ2v) is 3.67. The van der Waals surface area contributed by atoms with E-state index in [4.69, 9.17) is 5.11 Å². The van der Waals surface area contributed by atoms with E-state index in [9.17, 15) is 14.4 Å². The van der Waals surface area contributed by atoms with E-state index in [0.29, 0.717) is 5.69 Å². The van der Waals surface area contributed by atoms with Crippen LogP contribution in [-0.4, -0.2) is 30.6 Å². The molecule has 0 aliphatic heterocycles. The molecule has 2 rings (SSSR count). The SMILES string of the molecule is Cn1ncc(C(=O)O)c1Cn1[nH]c(=O)ccc1=O. The van der Waals surface area contributed by atoms with Gasteiger partial charge in [0, 0.05) is 19.2 Å². The fraction of sp³-hybridized carbons (Fsp3) is 0.200. The second-order valence-electron chi connectivity index (χ2n) is 3.67. The van der Waals surface area contributed by atoms with Crippen LogP contribution in [0.1, 0.15) is 16.1 Å². The van der Waals surface area contributed by atoms with Crippen LogP contribution in [0.3, 0.4) is 0 Å². The maximum atomic E-state index is 11.5. The molecular weight excluding hydrogens is 240 g/mol. The molecule has 0 aromatic carbocycles. The van der Waals surface area contributed by atoms with Crippen molar-refractivity contribution in [1.29, 1.82) is 0 Å². The Labute approximate surface area is 100 Å². The van der Waals surface area contributed by atoms with Crippen molar-refractivity contribution in [3.8, 4) is 0 Å². The van der Waals surface area contributed by atoms with Crippen molar-refractivity contribution >= 4 is 5.97 Å². The van der Waals surface area contributed by atoms with E-state index in [1.54, 1.807) is 7.05 Å². The second kappa shape index (κ2) is 4.32. The molecule has 94 valence electrons. The maximum Gasteiger partial charge on any atom is 0.339 e. The summed E-state index contributed by atoms with van der Waals surface area (Å²) in [5.41, 5.74) is -0.540. The van der Waals surface area contributed by atoms with Gasteiger partial charge in [0.2, 0.25) is 0 Å². The normalized spacial score (nSPS) is 10.5. The number of nitrogens with one attached hydrogen (secondary N) is 1. The number of rotatable bonds is 3.